The van der Waals surface area contributed by atoms with Crippen LogP contribution in [0.25, 0.3) is 0 Å². The van der Waals surface area contributed by atoms with Crippen molar-refractivity contribution < 1.29 is 27.7 Å². The molecule has 2 fully saturated rings. The van der Waals surface area contributed by atoms with Gasteiger partial charge in [0.1, 0.15) is 0 Å². The Bertz CT molecular complexity index is 672. The molecule has 2 saturated heterocycles. The summed E-state index contributed by atoms with van der Waals surface area (Å²) in [5.41, 5.74) is -0.147. The predicted molar refractivity (Wildman–Crippen MR) is 88.8 cm³/mol. The number of alkyl halides is 3. The molecule has 0 spiro atoms. The third kappa shape index (κ3) is 4.46. The van der Waals surface area contributed by atoms with E-state index in [-0.39, 0.29) is 18.4 Å². The van der Waals surface area contributed by atoms with Crippen LogP contribution in [0.15, 0.2) is 24.3 Å². The van der Waals surface area contributed by atoms with Crippen molar-refractivity contribution >= 4 is 17.5 Å². The first-order valence-corrected chi connectivity index (χ1v) is 8.63. The van der Waals surface area contributed by atoms with Gasteiger partial charge in [-0.15, -0.1) is 0 Å². The molecule has 2 heterocycles. The van der Waals surface area contributed by atoms with Gasteiger partial charge in [-0.05, 0) is 18.2 Å². The van der Waals surface area contributed by atoms with E-state index >= 15 is 0 Å². The number of rotatable bonds is 3. The summed E-state index contributed by atoms with van der Waals surface area (Å²) in [6.07, 6.45) is -4.36. The monoisotopic (exact) mass is 371 g/mol. The molecule has 6 nitrogen and oxygen atoms in total. The minimum atomic E-state index is -4.36. The topological polar surface area (TPSA) is 57.1 Å². The second-order valence-corrected chi connectivity index (χ2v) is 6.62. The molecule has 1 unspecified atom stereocenters. The normalized spacial score (nSPS) is 21.5. The summed E-state index contributed by atoms with van der Waals surface area (Å²) >= 11 is 0. The number of carbonyl (C=O) groups is 2. The van der Waals surface area contributed by atoms with Crippen molar-refractivity contribution in [3.05, 3.63) is 29.8 Å². The van der Waals surface area contributed by atoms with Gasteiger partial charge in [0, 0.05) is 31.9 Å². The molecule has 0 radical (unpaired) electrons. The second-order valence-electron chi connectivity index (χ2n) is 6.62. The largest absolute Gasteiger partial charge is 0.416 e. The Morgan fingerprint density at radius 2 is 1.92 bits per heavy atom. The first kappa shape index (κ1) is 18.5. The fourth-order valence-electron chi connectivity index (χ4n) is 3.33. The molecule has 2 aliphatic rings. The van der Waals surface area contributed by atoms with Crippen LogP contribution in [0.2, 0.25) is 0 Å². The Hall–Kier alpha value is -2.29. The Kier molecular flexibility index (Phi) is 5.36. The quantitative estimate of drug-likeness (QED) is 0.744. The molecule has 2 aliphatic heterocycles. The van der Waals surface area contributed by atoms with E-state index in [2.05, 4.69) is 5.32 Å². The highest BCUT2D eigenvalue weighted by Crippen LogP contribution is 2.31. The summed E-state index contributed by atoms with van der Waals surface area (Å²) in [6.45, 7) is 3.79. The number of hydrogen-bond acceptors (Lipinski definition) is 3. The van der Waals surface area contributed by atoms with Crippen molar-refractivity contribution in [3.8, 4) is 0 Å². The predicted octanol–water partition coefficient (Wildman–Crippen LogP) is -0.631. The molecule has 2 N–H and O–H groups in total. The van der Waals surface area contributed by atoms with E-state index in [9.17, 15) is 22.8 Å². The van der Waals surface area contributed by atoms with E-state index in [1.807, 2.05) is 4.90 Å². The van der Waals surface area contributed by atoms with E-state index in [0.717, 1.165) is 23.6 Å². The number of halogens is 3. The molecule has 2 amide bonds. The summed E-state index contributed by atoms with van der Waals surface area (Å²) in [5.74, 6) is -0.0631. The van der Waals surface area contributed by atoms with Crippen molar-refractivity contribution in [1.82, 2.24) is 10.2 Å². The first-order valence-electron chi connectivity index (χ1n) is 8.63. The summed E-state index contributed by atoms with van der Waals surface area (Å²) in [7, 11) is 0. The lowest BCUT2D eigenvalue weighted by molar-refractivity contribution is -0.885. The fourth-order valence-corrected chi connectivity index (χ4v) is 3.33. The number of piperazine rings is 2. The number of quaternary nitrogens is 1. The highest BCUT2D eigenvalue weighted by Gasteiger charge is 2.31. The van der Waals surface area contributed by atoms with Gasteiger partial charge in [0.25, 0.3) is 11.8 Å². The minimum absolute atomic E-state index is 0.0154. The SMILES string of the molecule is O=C1C[NH+](CC(=O)N2CCN(c3cccc(C(F)(F)F)c3)CC2)CCN1. The average Bonchev–Trinajstić information content (AvgIpc) is 2.61. The smallest absolute Gasteiger partial charge is 0.368 e. The van der Waals surface area contributed by atoms with Gasteiger partial charge in [0.15, 0.2) is 13.1 Å². The highest BCUT2D eigenvalue weighted by atomic mass is 19.4. The number of benzene rings is 1. The molecular weight excluding hydrogens is 349 g/mol. The van der Waals surface area contributed by atoms with Crippen molar-refractivity contribution in [2.45, 2.75) is 6.18 Å². The molecule has 1 atom stereocenters. The van der Waals surface area contributed by atoms with Crippen LogP contribution in [0.1, 0.15) is 5.56 Å². The molecule has 0 aliphatic carbocycles. The summed E-state index contributed by atoms with van der Waals surface area (Å²) in [6, 6.07) is 5.26. The lowest BCUT2D eigenvalue weighted by Gasteiger charge is -2.36. The Balaban J connectivity index is 1.54. The molecule has 0 aromatic heterocycles. The molecule has 0 bridgehead atoms. The number of nitrogens with one attached hydrogen (secondary N) is 2. The third-order valence-electron chi connectivity index (χ3n) is 4.78. The highest BCUT2D eigenvalue weighted by molar-refractivity contribution is 5.79. The van der Waals surface area contributed by atoms with Crippen molar-refractivity contribution in [2.24, 2.45) is 0 Å². The van der Waals surface area contributed by atoms with Gasteiger partial charge in [-0.25, -0.2) is 0 Å². The molecule has 3 rings (SSSR count). The van der Waals surface area contributed by atoms with Gasteiger partial charge in [0.05, 0.1) is 18.7 Å². The zero-order valence-electron chi connectivity index (χ0n) is 14.3. The maximum absolute atomic E-state index is 12.9. The van der Waals surface area contributed by atoms with Crippen molar-refractivity contribution in [3.63, 3.8) is 0 Å². The van der Waals surface area contributed by atoms with Gasteiger partial charge in [-0.3, -0.25) is 9.59 Å². The molecule has 142 valence electrons. The van der Waals surface area contributed by atoms with Crippen LogP contribution in [-0.4, -0.2) is 69.1 Å². The number of nitrogens with zero attached hydrogens (tertiary/aromatic N) is 2. The Morgan fingerprint density at radius 1 is 1.19 bits per heavy atom. The fraction of sp³-hybridized carbons (Fsp3) is 0.529. The number of amides is 2. The molecular formula is C17H22F3N4O2+. The van der Waals surface area contributed by atoms with Crippen LogP contribution in [0.3, 0.4) is 0 Å². The van der Waals surface area contributed by atoms with Crippen molar-refractivity contribution in [2.75, 3.05) is 57.3 Å². The Labute approximate surface area is 149 Å². The van der Waals surface area contributed by atoms with Gasteiger partial charge in [-0.1, -0.05) is 6.07 Å². The molecule has 26 heavy (non-hydrogen) atoms. The number of hydrogen-bond donors (Lipinski definition) is 2. The third-order valence-corrected chi connectivity index (χ3v) is 4.78. The number of carbonyl (C=O) groups excluding carboxylic acids is 2. The first-order chi connectivity index (χ1) is 12.3. The maximum Gasteiger partial charge on any atom is 0.416 e. The second kappa shape index (κ2) is 7.53. The lowest BCUT2D eigenvalue weighted by atomic mass is 10.1. The lowest BCUT2D eigenvalue weighted by Crippen LogP contribution is -3.16. The van der Waals surface area contributed by atoms with Gasteiger partial charge >= 0.3 is 6.18 Å². The van der Waals surface area contributed by atoms with Crippen LogP contribution in [0.5, 0.6) is 0 Å². The van der Waals surface area contributed by atoms with E-state index in [1.54, 1.807) is 11.0 Å². The van der Waals surface area contributed by atoms with Crippen LogP contribution >= 0.6 is 0 Å². The van der Waals surface area contributed by atoms with Crippen LogP contribution in [0, 0.1) is 0 Å². The van der Waals surface area contributed by atoms with E-state index in [4.69, 9.17) is 0 Å². The van der Waals surface area contributed by atoms with E-state index < -0.39 is 11.7 Å². The summed E-state index contributed by atoms with van der Waals surface area (Å²) in [4.78, 5) is 28.3. The Morgan fingerprint density at radius 3 is 2.58 bits per heavy atom. The zero-order chi connectivity index (χ0) is 18.7. The van der Waals surface area contributed by atoms with Gasteiger partial charge < -0.3 is 20.0 Å². The van der Waals surface area contributed by atoms with Crippen LogP contribution in [-0.2, 0) is 15.8 Å². The summed E-state index contributed by atoms with van der Waals surface area (Å²) < 4.78 is 38.6. The number of anilines is 1. The van der Waals surface area contributed by atoms with Crippen LogP contribution in [0.4, 0.5) is 18.9 Å². The molecule has 0 saturated carbocycles. The van der Waals surface area contributed by atoms with Crippen LogP contribution < -0.4 is 15.1 Å². The minimum Gasteiger partial charge on any atom is -0.368 e. The maximum atomic E-state index is 12.9. The standard InChI is InChI=1S/C17H21F3N4O2/c18-17(19,20)13-2-1-3-14(10-13)23-6-8-24(9-7-23)16(26)12-22-5-4-21-15(25)11-22/h1-3,10H,4-9,11-12H2,(H,21,25)/p+1. The zero-order valence-corrected chi connectivity index (χ0v) is 14.3. The summed E-state index contributed by atoms with van der Waals surface area (Å²) in [5, 5.41) is 2.73. The van der Waals surface area contributed by atoms with Crippen molar-refractivity contribution in [1.29, 1.82) is 0 Å². The average molecular weight is 371 g/mol. The molecule has 9 heteroatoms. The molecule has 1 aromatic carbocycles. The van der Waals surface area contributed by atoms with Gasteiger partial charge in [-0.2, -0.15) is 13.2 Å². The van der Waals surface area contributed by atoms with E-state index in [0.29, 0.717) is 45.0 Å². The van der Waals surface area contributed by atoms with Gasteiger partial charge in [0.2, 0.25) is 0 Å². The van der Waals surface area contributed by atoms with E-state index in [1.165, 1.54) is 6.07 Å². The molecule has 1 aromatic rings.